The van der Waals surface area contributed by atoms with Crippen LogP contribution < -0.4 is 15.4 Å². The Morgan fingerprint density at radius 1 is 1.26 bits per heavy atom. The molecule has 2 aromatic rings. The lowest BCUT2D eigenvalue weighted by Crippen LogP contribution is -2.35. The van der Waals surface area contributed by atoms with Crippen molar-refractivity contribution in [3.05, 3.63) is 42.1 Å². The molecule has 1 aromatic carbocycles. The van der Waals surface area contributed by atoms with Crippen molar-refractivity contribution in [2.75, 3.05) is 18.5 Å². The first-order chi connectivity index (χ1) is 12.9. The molecular formula is C17H17F3N4O2S. The summed E-state index contributed by atoms with van der Waals surface area (Å²) < 4.78 is 50.3. The van der Waals surface area contributed by atoms with Gasteiger partial charge >= 0.3 is 6.18 Å². The van der Waals surface area contributed by atoms with Crippen LogP contribution in [0.25, 0.3) is 0 Å². The normalized spacial score (nSPS) is 16.8. The number of thiocarbonyl (C=S) groups is 1. The van der Waals surface area contributed by atoms with Gasteiger partial charge in [0.15, 0.2) is 10.8 Å². The summed E-state index contributed by atoms with van der Waals surface area (Å²) in [6, 6.07) is 9.11. The summed E-state index contributed by atoms with van der Waals surface area (Å²) in [7, 11) is 0. The summed E-state index contributed by atoms with van der Waals surface area (Å²) in [5.74, 6) is -0.192. The van der Waals surface area contributed by atoms with Gasteiger partial charge in [0.25, 0.3) is 0 Å². The Balaban J connectivity index is 1.72. The molecule has 2 N–H and O–H groups in total. The fourth-order valence-corrected chi connectivity index (χ4v) is 2.62. The highest BCUT2D eigenvalue weighted by Gasteiger charge is 2.34. The van der Waals surface area contributed by atoms with E-state index in [4.69, 9.17) is 21.7 Å². The van der Waals surface area contributed by atoms with E-state index in [2.05, 4.69) is 20.6 Å². The number of aromatic nitrogens is 2. The third-order valence-electron chi connectivity index (χ3n) is 3.70. The van der Waals surface area contributed by atoms with Gasteiger partial charge in [0.1, 0.15) is 5.75 Å². The Morgan fingerprint density at radius 3 is 2.70 bits per heavy atom. The second-order valence-electron chi connectivity index (χ2n) is 5.80. The van der Waals surface area contributed by atoms with Gasteiger partial charge in [-0.1, -0.05) is 18.2 Å². The van der Waals surface area contributed by atoms with Crippen molar-refractivity contribution in [2.45, 2.75) is 25.1 Å². The molecule has 1 saturated heterocycles. The van der Waals surface area contributed by atoms with Crippen molar-refractivity contribution in [3.63, 3.8) is 0 Å². The van der Waals surface area contributed by atoms with Crippen LogP contribution in [0.2, 0.25) is 0 Å². The number of benzene rings is 1. The average Bonchev–Trinajstić information content (AvgIpc) is 3.13. The first-order valence-corrected chi connectivity index (χ1v) is 8.66. The van der Waals surface area contributed by atoms with Crippen molar-refractivity contribution in [2.24, 2.45) is 0 Å². The number of nitrogens with one attached hydrogen (secondary N) is 2. The predicted octanol–water partition coefficient (Wildman–Crippen LogP) is 3.75. The number of halogens is 3. The Bertz CT molecular complexity index is 783. The van der Waals surface area contributed by atoms with Gasteiger partial charge in [-0.25, -0.2) is 4.98 Å². The van der Waals surface area contributed by atoms with Crippen molar-refractivity contribution >= 4 is 23.3 Å². The Kier molecular flexibility index (Phi) is 6.07. The molecule has 6 nitrogen and oxygen atoms in total. The van der Waals surface area contributed by atoms with E-state index in [9.17, 15) is 13.2 Å². The van der Waals surface area contributed by atoms with Gasteiger partial charge in [-0.3, -0.25) is 0 Å². The fraction of sp³-hybridized carbons (Fsp3) is 0.353. The highest BCUT2D eigenvalue weighted by atomic mass is 32.1. The Morgan fingerprint density at radius 2 is 2.04 bits per heavy atom. The third-order valence-corrected chi connectivity index (χ3v) is 3.94. The van der Waals surface area contributed by atoms with E-state index >= 15 is 0 Å². The minimum Gasteiger partial charge on any atom is -0.439 e. The van der Waals surface area contributed by atoms with Gasteiger partial charge in [-0.15, -0.1) is 0 Å². The summed E-state index contributed by atoms with van der Waals surface area (Å²) >= 11 is 5.10. The van der Waals surface area contributed by atoms with Crippen LogP contribution in [0.4, 0.5) is 19.1 Å². The highest BCUT2D eigenvalue weighted by Crippen LogP contribution is 2.31. The molecule has 1 fully saturated rings. The summed E-state index contributed by atoms with van der Waals surface area (Å²) in [6.45, 7) is 1.15. The van der Waals surface area contributed by atoms with Crippen LogP contribution in [0.3, 0.4) is 0 Å². The maximum absolute atomic E-state index is 13.1. The predicted molar refractivity (Wildman–Crippen MR) is 96.7 cm³/mol. The molecule has 2 heterocycles. The minimum atomic E-state index is -4.65. The fourth-order valence-electron chi connectivity index (χ4n) is 2.45. The van der Waals surface area contributed by atoms with Crippen LogP contribution in [0, 0.1) is 0 Å². The number of nitrogens with zero attached hydrogens (tertiary/aromatic N) is 2. The van der Waals surface area contributed by atoms with Crippen LogP contribution in [0.5, 0.6) is 11.6 Å². The highest BCUT2D eigenvalue weighted by molar-refractivity contribution is 7.80. The maximum Gasteiger partial charge on any atom is 0.433 e. The standard InChI is InChI=1S/C17H17F3N4O2S/c18-17(19,20)13-9-14(26-11-5-2-1-3-6-11)23-15(22-13)24-16(27)21-10-12-7-4-8-25-12/h1-3,5-6,9,12H,4,7-8,10H2,(H2,21,22,23,24,27)/t12-/m0/s1. The lowest BCUT2D eigenvalue weighted by molar-refractivity contribution is -0.141. The number of ether oxygens (including phenoxy) is 2. The second-order valence-corrected chi connectivity index (χ2v) is 6.21. The quantitative estimate of drug-likeness (QED) is 0.744. The molecule has 0 bridgehead atoms. The number of para-hydroxylation sites is 1. The largest absolute Gasteiger partial charge is 0.439 e. The van der Waals surface area contributed by atoms with Gasteiger partial charge in [0.2, 0.25) is 11.8 Å². The molecule has 1 aliphatic heterocycles. The monoisotopic (exact) mass is 398 g/mol. The van der Waals surface area contributed by atoms with E-state index in [0.29, 0.717) is 18.9 Å². The maximum atomic E-state index is 13.1. The zero-order chi connectivity index (χ0) is 19.3. The number of rotatable bonds is 5. The van der Waals surface area contributed by atoms with Crippen LogP contribution in [-0.2, 0) is 10.9 Å². The molecule has 1 atom stereocenters. The van der Waals surface area contributed by atoms with Crippen LogP contribution in [0.1, 0.15) is 18.5 Å². The Labute approximate surface area is 159 Å². The molecule has 144 valence electrons. The molecule has 3 rings (SSSR count). The first-order valence-electron chi connectivity index (χ1n) is 8.26. The molecule has 10 heteroatoms. The average molecular weight is 398 g/mol. The number of alkyl halides is 3. The topological polar surface area (TPSA) is 68.3 Å². The lowest BCUT2D eigenvalue weighted by atomic mass is 10.2. The van der Waals surface area contributed by atoms with E-state index in [1.165, 1.54) is 0 Å². The van der Waals surface area contributed by atoms with E-state index < -0.39 is 11.9 Å². The molecule has 27 heavy (non-hydrogen) atoms. The van der Waals surface area contributed by atoms with Gasteiger partial charge in [0, 0.05) is 19.2 Å². The second kappa shape index (κ2) is 8.49. The Hall–Kier alpha value is -2.46. The van der Waals surface area contributed by atoms with Gasteiger partial charge < -0.3 is 20.1 Å². The summed E-state index contributed by atoms with van der Waals surface area (Å²) in [4.78, 5) is 7.44. The van der Waals surface area contributed by atoms with Crippen molar-refractivity contribution < 1.29 is 22.6 Å². The van der Waals surface area contributed by atoms with Crippen molar-refractivity contribution in [1.82, 2.24) is 15.3 Å². The molecular weight excluding hydrogens is 381 g/mol. The number of hydrogen-bond acceptors (Lipinski definition) is 5. The van der Waals surface area contributed by atoms with E-state index in [1.807, 2.05) is 0 Å². The number of anilines is 1. The first kappa shape index (κ1) is 19.3. The summed E-state index contributed by atoms with van der Waals surface area (Å²) in [5.41, 5.74) is -1.13. The molecule has 0 spiro atoms. The van der Waals surface area contributed by atoms with E-state index in [1.54, 1.807) is 30.3 Å². The van der Waals surface area contributed by atoms with Crippen LogP contribution in [-0.4, -0.2) is 34.3 Å². The SMILES string of the molecule is FC(F)(F)c1cc(Oc2ccccc2)nc(NC(=S)NC[C@@H]2CCCO2)n1. The van der Waals surface area contributed by atoms with Crippen molar-refractivity contribution in [1.29, 1.82) is 0 Å². The zero-order valence-corrected chi connectivity index (χ0v) is 14.9. The lowest BCUT2D eigenvalue weighted by Gasteiger charge is -2.15. The van der Waals surface area contributed by atoms with Gasteiger partial charge in [0.05, 0.1) is 6.10 Å². The summed E-state index contributed by atoms with van der Waals surface area (Å²) in [6.07, 6.45) is -2.74. The molecule has 0 saturated carbocycles. The van der Waals surface area contributed by atoms with Crippen LogP contribution >= 0.6 is 12.2 Å². The third kappa shape index (κ3) is 5.76. The minimum absolute atomic E-state index is 0.0316. The van der Waals surface area contributed by atoms with E-state index in [0.717, 1.165) is 18.9 Å². The molecule has 0 radical (unpaired) electrons. The van der Waals surface area contributed by atoms with E-state index in [-0.39, 0.29) is 23.0 Å². The molecule has 0 aliphatic carbocycles. The van der Waals surface area contributed by atoms with Crippen molar-refractivity contribution in [3.8, 4) is 11.6 Å². The zero-order valence-electron chi connectivity index (χ0n) is 14.1. The summed E-state index contributed by atoms with van der Waals surface area (Å²) in [5, 5.41) is 5.57. The van der Waals surface area contributed by atoms with Crippen LogP contribution in [0.15, 0.2) is 36.4 Å². The number of hydrogen-bond donors (Lipinski definition) is 2. The van der Waals surface area contributed by atoms with Gasteiger partial charge in [-0.05, 0) is 37.2 Å². The molecule has 0 unspecified atom stereocenters. The van der Waals surface area contributed by atoms with Gasteiger partial charge in [-0.2, -0.15) is 18.2 Å². The smallest absolute Gasteiger partial charge is 0.433 e. The molecule has 0 amide bonds. The molecule has 1 aromatic heterocycles. The molecule has 1 aliphatic rings.